The van der Waals surface area contributed by atoms with Crippen LogP contribution in [0.3, 0.4) is 0 Å². The highest BCUT2D eigenvalue weighted by Gasteiger charge is 2.17. The Hall–Kier alpha value is -1.93. The van der Waals surface area contributed by atoms with Gasteiger partial charge in [0.15, 0.2) is 0 Å². The van der Waals surface area contributed by atoms with Crippen LogP contribution in [0.4, 0.5) is 10.1 Å². The number of hydrogen-bond donors (Lipinski definition) is 2. The zero-order valence-corrected chi connectivity index (χ0v) is 15.9. The number of rotatable bonds is 7. The zero-order chi connectivity index (χ0) is 18.4. The fourth-order valence-corrected chi connectivity index (χ4v) is 3.79. The highest BCUT2D eigenvalue weighted by molar-refractivity contribution is 8.00. The molecule has 5 nitrogen and oxygen atoms in total. The first-order valence-corrected chi connectivity index (χ1v) is 9.69. The van der Waals surface area contributed by atoms with E-state index in [9.17, 15) is 14.0 Å². The summed E-state index contributed by atoms with van der Waals surface area (Å²) in [5.74, 6) is -0.183. The van der Waals surface area contributed by atoms with Crippen molar-refractivity contribution in [3.8, 4) is 0 Å². The van der Waals surface area contributed by atoms with Crippen molar-refractivity contribution in [1.29, 1.82) is 0 Å². The number of amides is 2. The predicted molar refractivity (Wildman–Crippen MR) is 99.6 cm³/mol. The molecule has 134 valence electrons. The van der Waals surface area contributed by atoms with Gasteiger partial charge < -0.3 is 10.6 Å². The smallest absolute Gasteiger partial charge is 0.246 e. The molecule has 0 aliphatic carbocycles. The maximum atomic E-state index is 13.3. The molecule has 0 fully saturated rings. The number of halogens is 1. The summed E-state index contributed by atoms with van der Waals surface area (Å²) >= 11 is 3.13. The minimum atomic E-state index is -0.738. The molecule has 2 aromatic rings. The molecule has 0 saturated carbocycles. The van der Waals surface area contributed by atoms with Gasteiger partial charge in [-0.15, -0.1) is 11.3 Å². The number of carbonyl (C=O) groups excluding carboxylic acids is 2. The molecule has 0 unspecified atom stereocenters. The minimum absolute atomic E-state index is 0.122. The topological polar surface area (TPSA) is 71.1 Å². The maximum absolute atomic E-state index is 13.3. The minimum Gasteiger partial charge on any atom is -0.344 e. The Morgan fingerprint density at radius 2 is 2.16 bits per heavy atom. The molecular formula is C17H20FN3O2S2. The van der Waals surface area contributed by atoms with Crippen LogP contribution >= 0.6 is 23.1 Å². The lowest BCUT2D eigenvalue weighted by atomic mass is 10.2. The van der Waals surface area contributed by atoms with Crippen LogP contribution in [0, 0.1) is 12.7 Å². The van der Waals surface area contributed by atoms with Crippen molar-refractivity contribution in [2.45, 2.75) is 37.6 Å². The average Bonchev–Trinajstić information content (AvgIpc) is 2.98. The highest BCUT2D eigenvalue weighted by Crippen LogP contribution is 2.22. The van der Waals surface area contributed by atoms with Crippen LogP contribution in [0.5, 0.6) is 0 Å². The molecule has 0 aliphatic rings. The third-order valence-corrected chi connectivity index (χ3v) is 5.32. The molecule has 1 aromatic carbocycles. The lowest BCUT2D eigenvalue weighted by molar-refractivity contribution is -0.125. The van der Waals surface area contributed by atoms with E-state index >= 15 is 0 Å². The monoisotopic (exact) mass is 381 g/mol. The number of thioether (sulfide) groups is 1. The van der Waals surface area contributed by atoms with Gasteiger partial charge >= 0.3 is 0 Å². The lowest BCUT2D eigenvalue weighted by Gasteiger charge is -2.15. The molecular weight excluding hydrogens is 361 g/mol. The van der Waals surface area contributed by atoms with Crippen molar-refractivity contribution < 1.29 is 14.0 Å². The first-order valence-electron chi connectivity index (χ1n) is 7.82. The average molecular weight is 381 g/mol. The fourth-order valence-electron chi connectivity index (χ4n) is 2.05. The van der Waals surface area contributed by atoms with Crippen LogP contribution in [-0.2, 0) is 16.0 Å². The Morgan fingerprint density at radius 3 is 2.88 bits per heavy atom. The second kappa shape index (κ2) is 8.96. The number of aryl methyl sites for hydroxylation is 1. The quantitative estimate of drug-likeness (QED) is 0.721. The first kappa shape index (κ1) is 19.4. The van der Waals surface area contributed by atoms with Gasteiger partial charge in [-0.3, -0.25) is 9.59 Å². The van der Waals surface area contributed by atoms with Gasteiger partial charge in [-0.2, -0.15) is 0 Å². The van der Waals surface area contributed by atoms with Crippen LogP contribution in [0.25, 0.3) is 0 Å². The van der Waals surface area contributed by atoms with E-state index < -0.39 is 17.8 Å². The molecule has 0 radical (unpaired) electrons. The summed E-state index contributed by atoms with van der Waals surface area (Å²) in [6, 6.07) is 3.43. The predicted octanol–water partition coefficient (Wildman–Crippen LogP) is 3.39. The number of carbonyl (C=O) groups is 2. The van der Waals surface area contributed by atoms with Crippen LogP contribution in [-0.4, -0.2) is 28.6 Å². The highest BCUT2D eigenvalue weighted by atomic mass is 32.2. The van der Waals surface area contributed by atoms with E-state index in [2.05, 4.69) is 15.6 Å². The standard InChI is InChI=1S/C17H20FN3O2S2/c1-4-24-17-20-13(9-25-17)8-15(22)19-11(3)16(23)21-14-7-12(18)6-5-10(14)2/h5-7,9,11H,4,8H2,1-3H3,(H,19,22)(H,21,23)/t11-/m0/s1. The number of aromatic nitrogens is 1. The van der Waals surface area contributed by atoms with Crippen molar-refractivity contribution in [2.24, 2.45) is 0 Å². The summed E-state index contributed by atoms with van der Waals surface area (Å²) in [5.41, 5.74) is 1.83. The summed E-state index contributed by atoms with van der Waals surface area (Å²) in [7, 11) is 0. The summed E-state index contributed by atoms with van der Waals surface area (Å²) < 4.78 is 14.2. The van der Waals surface area contributed by atoms with Gasteiger partial charge in [0.1, 0.15) is 16.2 Å². The number of thiazole rings is 1. The molecule has 8 heteroatoms. The number of nitrogens with zero attached hydrogens (tertiary/aromatic N) is 1. The van der Waals surface area contributed by atoms with Gasteiger partial charge in [-0.1, -0.05) is 24.8 Å². The Bertz CT molecular complexity index is 764. The van der Waals surface area contributed by atoms with Gasteiger partial charge in [-0.25, -0.2) is 9.37 Å². The van der Waals surface area contributed by atoms with E-state index in [1.165, 1.54) is 23.5 Å². The second-order valence-electron chi connectivity index (χ2n) is 5.45. The largest absolute Gasteiger partial charge is 0.344 e. The summed E-state index contributed by atoms with van der Waals surface area (Å²) in [5, 5.41) is 7.11. The Balaban J connectivity index is 1.89. The van der Waals surface area contributed by atoms with Gasteiger partial charge in [0.2, 0.25) is 11.8 Å². The zero-order valence-electron chi connectivity index (χ0n) is 14.3. The maximum Gasteiger partial charge on any atom is 0.246 e. The second-order valence-corrected chi connectivity index (χ2v) is 7.82. The summed E-state index contributed by atoms with van der Waals surface area (Å²) in [4.78, 5) is 28.6. The molecule has 2 N–H and O–H groups in total. The van der Waals surface area contributed by atoms with E-state index in [1.807, 2.05) is 12.3 Å². The van der Waals surface area contributed by atoms with Gasteiger partial charge in [0, 0.05) is 11.1 Å². The first-order chi connectivity index (χ1) is 11.9. The van der Waals surface area contributed by atoms with E-state index in [4.69, 9.17) is 0 Å². The Labute approximate surface area is 154 Å². The third kappa shape index (κ3) is 5.82. The normalized spacial score (nSPS) is 11.8. The van der Waals surface area contributed by atoms with Crippen LogP contribution in [0.15, 0.2) is 27.9 Å². The van der Waals surface area contributed by atoms with Crippen molar-refractivity contribution in [2.75, 3.05) is 11.1 Å². The molecule has 1 heterocycles. The van der Waals surface area contributed by atoms with Crippen molar-refractivity contribution in [3.05, 3.63) is 40.7 Å². The number of benzene rings is 1. The summed E-state index contributed by atoms with van der Waals surface area (Å²) in [6.07, 6.45) is 0.122. The molecule has 2 rings (SSSR count). The molecule has 0 saturated heterocycles. The molecule has 1 aromatic heterocycles. The molecule has 25 heavy (non-hydrogen) atoms. The van der Waals surface area contributed by atoms with Crippen molar-refractivity contribution in [3.63, 3.8) is 0 Å². The van der Waals surface area contributed by atoms with Crippen LogP contribution < -0.4 is 10.6 Å². The lowest BCUT2D eigenvalue weighted by Crippen LogP contribution is -2.42. The van der Waals surface area contributed by atoms with Gasteiger partial charge in [0.25, 0.3) is 0 Å². The fraction of sp³-hybridized carbons (Fsp3) is 0.353. The van der Waals surface area contributed by atoms with Crippen LogP contribution in [0.2, 0.25) is 0 Å². The molecule has 1 atom stereocenters. The molecule has 0 aliphatic heterocycles. The van der Waals surface area contributed by atoms with Crippen LogP contribution in [0.1, 0.15) is 25.1 Å². The molecule has 0 bridgehead atoms. The summed E-state index contributed by atoms with van der Waals surface area (Å²) in [6.45, 7) is 5.40. The third-order valence-electron chi connectivity index (χ3n) is 3.37. The van der Waals surface area contributed by atoms with Crippen molar-refractivity contribution in [1.82, 2.24) is 10.3 Å². The van der Waals surface area contributed by atoms with E-state index in [0.29, 0.717) is 11.4 Å². The van der Waals surface area contributed by atoms with E-state index in [0.717, 1.165) is 15.7 Å². The van der Waals surface area contributed by atoms with E-state index in [1.54, 1.807) is 31.7 Å². The number of anilines is 1. The Morgan fingerprint density at radius 1 is 1.40 bits per heavy atom. The van der Waals surface area contributed by atoms with E-state index in [-0.39, 0.29) is 12.3 Å². The van der Waals surface area contributed by atoms with Crippen molar-refractivity contribution >= 4 is 40.6 Å². The van der Waals surface area contributed by atoms with Gasteiger partial charge in [-0.05, 0) is 37.3 Å². The SMILES string of the molecule is CCSc1nc(CC(=O)N[C@@H](C)C(=O)Nc2cc(F)ccc2C)cs1. The molecule has 2 amide bonds. The number of nitrogens with one attached hydrogen (secondary N) is 2. The van der Waals surface area contributed by atoms with Gasteiger partial charge in [0.05, 0.1) is 12.1 Å². The molecule has 0 spiro atoms. The Kier molecular flexibility index (Phi) is 6.95. The number of hydrogen-bond acceptors (Lipinski definition) is 5.